The van der Waals surface area contributed by atoms with Gasteiger partial charge >= 0.3 is 0 Å². The largest absolute Gasteiger partial charge is 0.481 e. The van der Waals surface area contributed by atoms with Crippen LogP contribution in [0.1, 0.15) is 28.4 Å². The van der Waals surface area contributed by atoms with E-state index in [2.05, 4.69) is 10.6 Å². The van der Waals surface area contributed by atoms with E-state index < -0.39 is 6.10 Å². The van der Waals surface area contributed by atoms with Crippen LogP contribution in [0, 0.1) is 6.92 Å². The highest BCUT2D eigenvalue weighted by molar-refractivity contribution is 5.98. The molecule has 3 aromatic rings. The van der Waals surface area contributed by atoms with Crippen molar-refractivity contribution in [1.29, 1.82) is 0 Å². The molecule has 0 radical (unpaired) electrons. The fourth-order valence-electron chi connectivity index (χ4n) is 2.81. The quantitative estimate of drug-likeness (QED) is 0.633. The maximum Gasteiger partial charge on any atom is 0.265 e. The van der Waals surface area contributed by atoms with E-state index in [1.165, 1.54) is 0 Å². The third-order valence-electron chi connectivity index (χ3n) is 4.36. The van der Waals surface area contributed by atoms with Gasteiger partial charge in [-0.05, 0) is 55.3 Å². The molecule has 0 spiro atoms. The van der Waals surface area contributed by atoms with E-state index in [0.29, 0.717) is 23.5 Å². The molecule has 5 nitrogen and oxygen atoms in total. The molecule has 1 atom stereocenters. The zero-order valence-corrected chi connectivity index (χ0v) is 16.5. The standard InChI is InChI=1S/C24H24N2O3/c1-17-8-6-13-22(14-17)29-18(2)23(27)26-21-12-7-11-20(15-21)24(28)25-16-19-9-4-3-5-10-19/h3-15,18H,16H2,1-2H3,(H,25,28)(H,26,27). The van der Waals surface area contributed by atoms with Crippen molar-refractivity contribution in [2.24, 2.45) is 0 Å². The first kappa shape index (κ1) is 20.1. The van der Waals surface area contributed by atoms with Gasteiger partial charge in [0.05, 0.1) is 0 Å². The summed E-state index contributed by atoms with van der Waals surface area (Å²) in [5.74, 6) is 0.157. The smallest absolute Gasteiger partial charge is 0.265 e. The number of rotatable bonds is 7. The Morgan fingerprint density at radius 2 is 1.69 bits per heavy atom. The van der Waals surface area contributed by atoms with Crippen molar-refractivity contribution < 1.29 is 14.3 Å². The highest BCUT2D eigenvalue weighted by Crippen LogP contribution is 2.16. The Morgan fingerprint density at radius 1 is 0.931 bits per heavy atom. The number of ether oxygens (including phenoxy) is 1. The van der Waals surface area contributed by atoms with Gasteiger partial charge in [-0.25, -0.2) is 0 Å². The van der Waals surface area contributed by atoms with E-state index in [1.807, 2.05) is 61.5 Å². The lowest BCUT2D eigenvalue weighted by Gasteiger charge is -2.15. The summed E-state index contributed by atoms with van der Waals surface area (Å²) in [5, 5.41) is 5.68. The van der Waals surface area contributed by atoms with E-state index in [9.17, 15) is 9.59 Å². The van der Waals surface area contributed by atoms with Gasteiger partial charge in [0, 0.05) is 17.8 Å². The van der Waals surface area contributed by atoms with Crippen molar-refractivity contribution in [2.75, 3.05) is 5.32 Å². The minimum atomic E-state index is -0.674. The summed E-state index contributed by atoms with van der Waals surface area (Å²) < 4.78 is 5.70. The van der Waals surface area contributed by atoms with Gasteiger partial charge in [0.15, 0.2) is 6.10 Å². The number of benzene rings is 3. The number of carbonyl (C=O) groups is 2. The van der Waals surface area contributed by atoms with Crippen molar-refractivity contribution in [2.45, 2.75) is 26.5 Å². The summed E-state index contributed by atoms with van der Waals surface area (Å²) in [7, 11) is 0. The molecule has 0 aliphatic rings. The molecular formula is C24H24N2O3. The van der Waals surface area contributed by atoms with Gasteiger partial charge in [0.2, 0.25) is 0 Å². The van der Waals surface area contributed by atoms with Gasteiger partial charge in [-0.3, -0.25) is 9.59 Å². The molecule has 0 heterocycles. The normalized spacial score (nSPS) is 11.4. The Morgan fingerprint density at radius 3 is 2.45 bits per heavy atom. The second-order valence-corrected chi connectivity index (χ2v) is 6.81. The first-order valence-corrected chi connectivity index (χ1v) is 9.47. The molecule has 0 bridgehead atoms. The van der Waals surface area contributed by atoms with Crippen LogP contribution in [0.5, 0.6) is 5.75 Å². The molecule has 2 N–H and O–H groups in total. The molecule has 0 aliphatic heterocycles. The van der Waals surface area contributed by atoms with Crippen LogP contribution in [-0.4, -0.2) is 17.9 Å². The number of amides is 2. The Labute approximate surface area is 170 Å². The molecule has 3 rings (SSSR count). The topological polar surface area (TPSA) is 67.4 Å². The fraction of sp³-hybridized carbons (Fsp3) is 0.167. The molecule has 3 aromatic carbocycles. The van der Waals surface area contributed by atoms with Crippen LogP contribution in [0.2, 0.25) is 0 Å². The lowest BCUT2D eigenvalue weighted by molar-refractivity contribution is -0.122. The maximum atomic E-state index is 12.5. The number of hydrogen-bond donors (Lipinski definition) is 2. The summed E-state index contributed by atoms with van der Waals surface area (Å²) in [5.41, 5.74) is 3.10. The summed E-state index contributed by atoms with van der Waals surface area (Å²) in [4.78, 5) is 24.9. The summed E-state index contributed by atoms with van der Waals surface area (Å²) in [6, 6.07) is 24.1. The Bertz CT molecular complexity index is 986. The zero-order valence-electron chi connectivity index (χ0n) is 16.5. The van der Waals surface area contributed by atoms with Gasteiger partial charge in [0.1, 0.15) is 5.75 Å². The second kappa shape index (κ2) is 9.55. The number of carbonyl (C=O) groups excluding carboxylic acids is 2. The van der Waals surface area contributed by atoms with Crippen LogP contribution < -0.4 is 15.4 Å². The second-order valence-electron chi connectivity index (χ2n) is 6.81. The van der Waals surface area contributed by atoms with E-state index in [0.717, 1.165) is 11.1 Å². The van der Waals surface area contributed by atoms with Gasteiger partial charge in [-0.2, -0.15) is 0 Å². The van der Waals surface area contributed by atoms with Gasteiger partial charge in [-0.15, -0.1) is 0 Å². The number of nitrogens with one attached hydrogen (secondary N) is 2. The van der Waals surface area contributed by atoms with Crippen molar-refractivity contribution in [1.82, 2.24) is 5.32 Å². The molecule has 2 amide bonds. The van der Waals surface area contributed by atoms with E-state index in [1.54, 1.807) is 31.2 Å². The highest BCUT2D eigenvalue weighted by Gasteiger charge is 2.16. The lowest BCUT2D eigenvalue weighted by atomic mass is 10.1. The van der Waals surface area contributed by atoms with Crippen LogP contribution >= 0.6 is 0 Å². The van der Waals surface area contributed by atoms with E-state index in [-0.39, 0.29) is 11.8 Å². The van der Waals surface area contributed by atoms with Crippen molar-refractivity contribution >= 4 is 17.5 Å². The summed E-state index contributed by atoms with van der Waals surface area (Å²) in [6.07, 6.45) is -0.674. The van der Waals surface area contributed by atoms with Gasteiger partial charge in [0.25, 0.3) is 11.8 Å². The van der Waals surface area contributed by atoms with Gasteiger partial charge in [-0.1, -0.05) is 48.5 Å². The first-order valence-electron chi connectivity index (χ1n) is 9.47. The van der Waals surface area contributed by atoms with Crippen molar-refractivity contribution in [3.8, 4) is 5.75 Å². The Balaban J connectivity index is 1.58. The van der Waals surface area contributed by atoms with Crippen molar-refractivity contribution in [3.63, 3.8) is 0 Å². The molecule has 0 aromatic heterocycles. The third kappa shape index (κ3) is 5.94. The molecule has 5 heteroatoms. The average Bonchev–Trinajstić information content (AvgIpc) is 2.73. The average molecular weight is 388 g/mol. The monoisotopic (exact) mass is 388 g/mol. The highest BCUT2D eigenvalue weighted by atomic mass is 16.5. The number of hydrogen-bond acceptors (Lipinski definition) is 3. The lowest BCUT2D eigenvalue weighted by Crippen LogP contribution is -2.30. The number of anilines is 1. The molecule has 0 saturated carbocycles. The summed E-state index contributed by atoms with van der Waals surface area (Å²) in [6.45, 7) is 4.09. The Kier molecular flexibility index (Phi) is 6.63. The number of aryl methyl sites for hydroxylation is 1. The van der Waals surface area contributed by atoms with Gasteiger partial charge < -0.3 is 15.4 Å². The first-order chi connectivity index (χ1) is 14.0. The molecule has 148 valence electrons. The zero-order chi connectivity index (χ0) is 20.6. The molecule has 29 heavy (non-hydrogen) atoms. The molecule has 1 unspecified atom stereocenters. The predicted molar refractivity (Wildman–Crippen MR) is 114 cm³/mol. The molecule has 0 saturated heterocycles. The van der Waals surface area contributed by atoms with E-state index in [4.69, 9.17) is 4.74 Å². The minimum absolute atomic E-state index is 0.200. The molecular weight excluding hydrogens is 364 g/mol. The SMILES string of the molecule is Cc1cccc(OC(C)C(=O)Nc2cccc(C(=O)NCc3ccccc3)c2)c1. The Hall–Kier alpha value is -3.60. The molecule has 0 fully saturated rings. The maximum absolute atomic E-state index is 12.5. The minimum Gasteiger partial charge on any atom is -0.481 e. The third-order valence-corrected chi connectivity index (χ3v) is 4.36. The fourth-order valence-corrected chi connectivity index (χ4v) is 2.81. The van der Waals surface area contributed by atoms with Crippen LogP contribution in [0.15, 0.2) is 78.9 Å². The van der Waals surface area contributed by atoms with E-state index >= 15 is 0 Å². The molecule has 0 aliphatic carbocycles. The summed E-state index contributed by atoms with van der Waals surface area (Å²) >= 11 is 0. The van der Waals surface area contributed by atoms with Crippen LogP contribution in [0.3, 0.4) is 0 Å². The van der Waals surface area contributed by atoms with Crippen molar-refractivity contribution in [3.05, 3.63) is 95.6 Å². The predicted octanol–water partition coefficient (Wildman–Crippen LogP) is 4.33. The van der Waals surface area contributed by atoms with Crippen LogP contribution in [0.25, 0.3) is 0 Å². The van der Waals surface area contributed by atoms with Crippen LogP contribution in [0.4, 0.5) is 5.69 Å². The van der Waals surface area contributed by atoms with Crippen LogP contribution in [-0.2, 0) is 11.3 Å².